The third-order valence-corrected chi connectivity index (χ3v) is 4.18. The summed E-state index contributed by atoms with van der Waals surface area (Å²) in [5, 5.41) is 3.29. The van der Waals surface area contributed by atoms with Gasteiger partial charge >= 0.3 is 5.97 Å². The Hall–Kier alpha value is -2.86. The van der Waals surface area contributed by atoms with Crippen LogP contribution in [-0.2, 0) is 9.53 Å². The average molecular weight is 338 g/mol. The Labute approximate surface area is 143 Å². The molecule has 1 heterocycles. The number of hydrogen-bond donors (Lipinski definition) is 1. The van der Waals surface area contributed by atoms with Crippen LogP contribution in [-0.4, -0.2) is 24.2 Å². The van der Waals surface area contributed by atoms with Gasteiger partial charge in [0.25, 0.3) is 5.91 Å². The number of nitrogens with one attached hydrogen (secondary N) is 1. The molecule has 0 saturated carbocycles. The van der Waals surface area contributed by atoms with Crippen molar-refractivity contribution in [3.63, 3.8) is 0 Å². The number of aliphatic imine (C=N–C) groups is 1. The molecule has 5 nitrogen and oxygen atoms in total. The summed E-state index contributed by atoms with van der Waals surface area (Å²) in [6.45, 7) is 0. The monoisotopic (exact) mass is 338 g/mol. The maximum Gasteiger partial charge on any atom is 0.337 e. The lowest BCUT2D eigenvalue weighted by atomic mass is 10.1. The molecular formula is C18H14N2O3S. The number of hydrogen-bond acceptors (Lipinski definition) is 5. The van der Waals surface area contributed by atoms with Gasteiger partial charge in [-0.2, -0.15) is 0 Å². The van der Waals surface area contributed by atoms with Crippen molar-refractivity contribution in [2.45, 2.75) is 0 Å². The fraction of sp³-hybridized carbons (Fsp3) is 0.0556. The molecule has 2 aromatic rings. The van der Waals surface area contributed by atoms with E-state index in [-0.39, 0.29) is 11.9 Å². The van der Waals surface area contributed by atoms with Crippen LogP contribution in [0.25, 0.3) is 6.08 Å². The normalized spacial score (nSPS) is 17.1. The van der Waals surface area contributed by atoms with Crippen LogP contribution in [0.15, 0.2) is 64.5 Å². The van der Waals surface area contributed by atoms with Gasteiger partial charge in [-0.1, -0.05) is 30.3 Å². The number of amides is 1. The maximum atomic E-state index is 12.0. The molecule has 1 aliphatic rings. The summed E-state index contributed by atoms with van der Waals surface area (Å²) >= 11 is 1.28. The van der Waals surface area contributed by atoms with Gasteiger partial charge in [0.15, 0.2) is 5.17 Å². The molecule has 1 N–H and O–H groups in total. The van der Waals surface area contributed by atoms with E-state index in [2.05, 4.69) is 15.0 Å². The zero-order valence-electron chi connectivity index (χ0n) is 12.9. The molecule has 0 atom stereocenters. The lowest BCUT2D eigenvalue weighted by Gasteiger charge is -1.99. The number of ether oxygens (including phenoxy) is 1. The van der Waals surface area contributed by atoms with E-state index in [1.807, 2.05) is 30.3 Å². The number of amidine groups is 1. The quantitative estimate of drug-likeness (QED) is 0.688. The largest absolute Gasteiger partial charge is 0.465 e. The van der Waals surface area contributed by atoms with Crippen LogP contribution in [0.5, 0.6) is 0 Å². The summed E-state index contributed by atoms with van der Waals surface area (Å²) in [6, 6.07) is 16.3. The standard InChI is InChI=1S/C18H14N2O3S/c1-23-17(22)13-9-7-12(8-10-13)11-15-16(21)20-18(24-15)19-14-5-3-2-4-6-14/h2-11H,1H3,(H,19,20,21). The Balaban J connectivity index is 1.77. The van der Waals surface area contributed by atoms with Crippen molar-refractivity contribution in [3.05, 3.63) is 70.6 Å². The summed E-state index contributed by atoms with van der Waals surface area (Å²) in [4.78, 5) is 28.4. The van der Waals surface area contributed by atoms with Gasteiger partial charge < -0.3 is 10.1 Å². The van der Waals surface area contributed by atoms with Crippen LogP contribution in [0.1, 0.15) is 15.9 Å². The fourth-order valence-electron chi connectivity index (χ4n) is 2.08. The number of esters is 1. The molecule has 1 saturated heterocycles. The Kier molecular flexibility index (Phi) is 4.77. The molecule has 24 heavy (non-hydrogen) atoms. The molecule has 1 aliphatic heterocycles. The molecule has 0 aromatic heterocycles. The van der Waals surface area contributed by atoms with Gasteiger partial charge in [0.05, 0.1) is 23.3 Å². The van der Waals surface area contributed by atoms with Crippen LogP contribution in [0.3, 0.4) is 0 Å². The average Bonchev–Trinajstić information content (AvgIpc) is 2.95. The molecule has 0 radical (unpaired) electrons. The Morgan fingerprint density at radius 2 is 1.83 bits per heavy atom. The fourth-order valence-corrected chi connectivity index (χ4v) is 2.93. The maximum absolute atomic E-state index is 12.0. The molecule has 1 fully saturated rings. The van der Waals surface area contributed by atoms with Crippen LogP contribution >= 0.6 is 11.8 Å². The van der Waals surface area contributed by atoms with Crippen molar-refractivity contribution >= 4 is 40.6 Å². The summed E-state index contributed by atoms with van der Waals surface area (Å²) in [5.74, 6) is -0.578. The van der Waals surface area contributed by atoms with Gasteiger partial charge in [0.1, 0.15) is 0 Å². The zero-order chi connectivity index (χ0) is 16.9. The van der Waals surface area contributed by atoms with Crippen molar-refractivity contribution in [2.24, 2.45) is 4.99 Å². The first-order valence-electron chi connectivity index (χ1n) is 7.19. The van der Waals surface area contributed by atoms with Gasteiger partial charge in [0.2, 0.25) is 0 Å². The number of nitrogens with zero attached hydrogens (tertiary/aromatic N) is 1. The topological polar surface area (TPSA) is 67.8 Å². The van der Waals surface area contributed by atoms with Crippen molar-refractivity contribution in [2.75, 3.05) is 7.11 Å². The molecule has 1 amide bonds. The second-order valence-electron chi connectivity index (χ2n) is 4.93. The number of benzene rings is 2. The number of carbonyl (C=O) groups excluding carboxylic acids is 2. The first-order valence-corrected chi connectivity index (χ1v) is 8.00. The second kappa shape index (κ2) is 7.14. The van der Waals surface area contributed by atoms with Gasteiger partial charge in [-0.3, -0.25) is 4.79 Å². The minimum absolute atomic E-state index is 0.188. The number of carbonyl (C=O) groups is 2. The lowest BCUT2D eigenvalue weighted by Crippen LogP contribution is -2.19. The number of rotatable bonds is 3. The van der Waals surface area contributed by atoms with E-state index < -0.39 is 0 Å². The smallest absolute Gasteiger partial charge is 0.337 e. The van der Waals surface area contributed by atoms with Gasteiger partial charge in [-0.15, -0.1) is 0 Å². The van der Waals surface area contributed by atoms with Crippen molar-refractivity contribution < 1.29 is 14.3 Å². The molecule has 0 unspecified atom stereocenters. The summed E-state index contributed by atoms with van der Waals surface area (Å²) in [5.41, 5.74) is 2.07. The van der Waals surface area contributed by atoms with E-state index in [1.54, 1.807) is 30.3 Å². The Morgan fingerprint density at radius 3 is 2.50 bits per heavy atom. The van der Waals surface area contributed by atoms with Crippen LogP contribution in [0, 0.1) is 0 Å². The lowest BCUT2D eigenvalue weighted by molar-refractivity contribution is -0.115. The molecule has 120 valence electrons. The molecule has 0 aliphatic carbocycles. The number of methoxy groups -OCH3 is 1. The Bertz CT molecular complexity index is 827. The third-order valence-electron chi connectivity index (χ3n) is 3.27. The molecular weight excluding hydrogens is 324 g/mol. The number of para-hydroxylation sites is 1. The first-order chi connectivity index (χ1) is 11.7. The second-order valence-corrected chi connectivity index (χ2v) is 5.96. The highest BCUT2D eigenvalue weighted by Crippen LogP contribution is 2.28. The van der Waals surface area contributed by atoms with E-state index in [9.17, 15) is 9.59 Å². The molecule has 0 bridgehead atoms. The highest BCUT2D eigenvalue weighted by atomic mass is 32.2. The van der Waals surface area contributed by atoms with Crippen LogP contribution in [0.4, 0.5) is 5.69 Å². The minimum Gasteiger partial charge on any atom is -0.465 e. The minimum atomic E-state index is -0.389. The van der Waals surface area contributed by atoms with Crippen molar-refractivity contribution in [1.29, 1.82) is 0 Å². The molecule has 6 heteroatoms. The first kappa shape index (κ1) is 16.0. The van der Waals surface area contributed by atoms with Gasteiger partial charge in [0, 0.05) is 0 Å². The van der Waals surface area contributed by atoms with Crippen LogP contribution < -0.4 is 5.32 Å². The molecule has 2 aromatic carbocycles. The Morgan fingerprint density at radius 1 is 1.12 bits per heavy atom. The summed E-state index contributed by atoms with van der Waals surface area (Å²) in [6.07, 6.45) is 1.76. The van der Waals surface area contributed by atoms with E-state index in [0.717, 1.165) is 11.3 Å². The van der Waals surface area contributed by atoms with E-state index in [1.165, 1.54) is 18.9 Å². The summed E-state index contributed by atoms with van der Waals surface area (Å²) in [7, 11) is 1.34. The highest BCUT2D eigenvalue weighted by molar-refractivity contribution is 8.18. The highest BCUT2D eigenvalue weighted by Gasteiger charge is 2.23. The predicted molar refractivity (Wildman–Crippen MR) is 95.0 cm³/mol. The predicted octanol–water partition coefficient (Wildman–Crippen LogP) is 3.36. The SMILES string of the molecule is COC(=O)c1ccc(C=C2SC(=Nc3ccccc3)NC2=O)cc1. The van der Waals surface area contributed by atoms with Crippen molar-refractivity contribution in [1.82, 2.24) is 5.32 Å². The molecule has 0 spiro atoms. The van der Waals surface area contributed by atoms with Gasteiger partial charge in [-0.05, 0) is 47.7 Å². The van der Waals surface area contributed by atoms with Crippen LogP contribution in [0.2, 0.25) is 0 Å². The van der Waals surface area contributed by atoms with E-state index >= 15 is 0 Å². The van der Waals surface area contributed by atoms with Gasteiger partial charge in [-0.25, -0.2) is 9.79 Å². The van der Waals surface area contributed by atoms with Crippen molar-refractivity contribution in [3.8, 4) is 0 Å². The third kappa shape index (κ3) is 3.72. The molecule has 3 rings (SSSR count). The van der Waals surface area contributed by atoms with E-state index in [0.29, 0.717) is 15.6 Å². The zero-order valence-corrected chi connectivity index (χ0v) is 13.7. The van der Waals surface area contributed by atoms with E-state index in [4.69, 9.17) is 0 Å². The summed E-state index contributed by atoms with van der Waals surface area (Å²) < 4.78 is 4.66. The number of thioether (sulfide) groups is 1.